The standard InChI is InChI=1S/C28H33N3O5/c1-6-28(25(29)34)19(17-12-8-7-9-13-17)16-21(31(28)26(35)36-27(2,3)4)22-18-14-10-11-15-20(18)30(5)23(22)24(32)33/h7-15,19,21H,6,16H2,1-5H3,(H2,29,34)(H,32,33)/t19-,21?,28+/m1/s1. The molecule has 3 aromatic rings. The first-order valence-corrected chi connectivity index (χ1v) is 12.1. The molecule has 0 bridgehead atoms. The maximum Gasteiger partial charge on any atom is 0.411 e. The average Bonchev–Trinajstić information content (AvgIpc) is 3.32. The van der Waals surface area contributed by atoms with Gasteiger partial charge in [-0.2, -0.15) is 0 Å². The number of carbonyl (C=O) groups is 3. The summed E-state index contributed by atoms with van der Waals surface area (Å²) < 4.78 is 7.43. The summed E-state index contributed by atoms with van der Waals surface area (Å²) in [6, 6.07) is 16.1. The van der Waals surface area contributed by atoms with Gasteiger partial charge in [-0.1, -0.05) is 55.5 Å². The topological polar surface area (TPSA) is 115 Å². The van der Waals surface area contributed by atoms with Gasteiger partial charge in [-0.3, -0.25) is 9.69 Å². The summed E-state index contributed by atoms with van der Waals surface area (Å²) in [6.07, 6.45) is -0.144. The second-order valence-corrected chi connectivity index (χ2v) is 10.4. The van der Waals surface area contributed by atoms with Gasteiger partial charge in [0.2, 0.25) is 5.91 Å². The number of hydrogen-bond donors (Lipinski definition) is 2. The molecule has 4 rings (SSSR count). The number of benzene rings is 2. The highest BCUT2D eigenvalue weighted by molar-refractivity contribution is 6.00. The van der Waals surface area contributed by atoms with Crippen LogP contribution in [-0.2, 0) is 16.6 Å². The number of nitrogens with zero attached hydrogens (tertiary/aromatic N) is 2. The van der Waals surface area contributed by atoms with Crippen LogP contribution in [-0.4, -0.2) is 43.7 Å². The van der Waals surface area contributed by atoms with E-state index in [4.69, 9.17) is 10.5 Å². The molecule has 1 fully saturated rings. The van der Waals surface area contributed by atoms with Crippen LogP contribution in [0.2, 0.25) is 0 Å². The molecule has 0 aliphatic carbocycles. The van der Waals surface area contributed by atoms with Crippen LogP contribution in [0, 0.1) is 0 Å². The van der Waals surface area contributed by atoms with Crippen molar-refractivity contribution >= 4 is 28.9 Å². The molecule has 8 heteroatoms. The molecule has 0 spiro atoms. The smallest absolute Gasteiger partial charge is 0.411 e. The molecule has 0 radical (unpaired) electrons. The number of para-hydroxylation sites is 1. The Balaban J connectivity index is 2.05. The molecule has 1 aliphatic rings. The number of amides is 2. The minimum atomic E-state index is -1.42. The first-order valence-electron chi connectivity index (χ1n) is 12.1. The molecule has 190 valence electrons. The van der Waals surface area contributed by atoms with Crippen molar-refractivity contribution in [2.24, 2.45) is 12.8 Å². The summed E-state index contributed by atoms with van der Waals surface area (Å²) in [6.45, 7) is 7.08. The molecule has 2 aromatic carbocycles. The number of aromatic nitrogens is 1. The fourth-order valence-electron chi connectivity index (χ4n) is 5.81. The van der Waals surface area contributed by atoms with Gasteiger partial charge in [-0.05, 0) is 45.2 Å². The molecule has 1 aliphatic heterocycles. The highest BCUT2D eigenvalue weighted by Crippen LogP contribution is 2.55. The van der Waals surface area contributed by atoms with Crippen molar-refractivity contribution in [2.45, 2.75) is 63.6 Å². The molecular formula is C28H33N3O5. The highest BCUT2D eigenvalue weighted by Gasteiger charge is 2.60. The first-order chi connectivity index (χ1) is 16.9. The molecule has 1 unspecified atom stereocenters. The lowest BCUT2D eigenvalue weighted by Gasteiger charge is -2.41. The lowest BCUT2D eigenvalue weighted by atomic mass is 9.77. The summed E-state index contributed by atoms with van der Waals surface area (Å²) >= 11 is 0. The lowest BCUT2D eigenvalue weighted by molar-refractivity contribution is -0.130. The Bertz CT molecular complexity index is 1320. The minimum absolute atomic E-state index is 0.0675. The number of carboxylic acid groups (broad SMARTS) is 1. The van der Waals surface area contributed by atoms with Gasteiger partial charge < -0.3 is 20.1 Å². The van der Waals surface area contributed by atoms with Crippen LogP contribution in [0.4, 0.5) is 4.79 Å². The molecule has 3 atom stereocenters. The molecule has 1 saturated heterocycles. The quantitative estimate of drug-likeness (QED) is 0.523. The Hall–Kier alpha value is -3.81. The maximum atomic E-state index is 13.9. The Morgan fingerprint density at radius 1 is 1.08 bits per heavy atom. The van der Waals surface area contributed by atoms with Crippen molar-refractivity contribution in [1.29, 1.82) is 0 Å². The monoisotopic (exact) mass is 491 g/mol. The summed E-state index contributed by atoms with van der Waals surface area (Å²) in [7, 11) is 1.69. The van der Waals surface area contributed by atoms with E-state index in [1.807, 2.05) is 61.5 Å². The van der Waals surface area contributed by atoms with Gasteiger partial charge in [0, 0.05) is 29.4 Å². The second-order valence-electron chi connectivity index (χ2n) is 10.4. The van der Waals surface area contributed by atoms with Crippen LogP contribution in [0.5, 0.6) is 0 Å². The predicted molar refractivity (Wildman–Crippen MR) is 137 cm³/mol. The summed E-state index contributed by atoms with van der Waals surface area (Å²) in [5.41, 5.74) is 5.98. The van der Waals surface area contributed by atoms with E-state index >= 15 is 0 Å². The van der Waals surface area contributed by atoms with Crippen molar-refractivity contribution in [3.05, 3.63) is 71.4 Å². The molecule has 3 N–H and O–H groups in total. The van der Waals surface area contributed by atoms with E-state index in [2.05, 4.69) is 0 Å². The van der Waals surface area contributed by atoms with Gasteiger partial charge in [0.1, 0.15) is 16.8 Å². The number of hydrogen-bond acceptors (Lipinski definition) is 4. The van der Waals surface area contributed by atoms with Crippen molar-refractivity contribution < 1.29 is 24.2 Å². The van der Waals surface area contributed by atoms with Crippen molar-refractivity contribution in [3.63, 3.8) is 0 Å². The summed E-state index contributed by atoms with van der Waals surface area (Å²) in [5, 5.41) is 11.0. The van der Waals surface area contributed by atoms with E-state index in [1.54, 1.807) is 32.4 Å². The Morgan fingerprint density at radius 2 is 1.69 bits per heavy atom. The van der Waals surface area contributed by atoms with Gasteiger partial charge in [0.05, 0.1) is 6.04 Å². The van der Waals surface area contributed by atoms with Gasteiger partial charge in [-0.15, -0.1) is 0 Å². The number of fused-ring (bicyclic) bond motifs is 1. The van der Waals surface area contributed by atoms with Crippen molar-refractivity contribution in [2.75, 3.05) is 0 Å². The van der Waals surface area contributed by atoms with Crippen LogP contribution in [0.1, 0.15) is 74.1 Å². The fourth-order valence-corrected chi connectivity index (χ4v) is 5.81. The van der Waals surface area contributed by atoms with E-state index in [0.717, 1.165) is 11.1 Å². The molecule has 0 saturated carbocycles. The summed E-state index contributed by atoms with van der Waals surface area (Å²) in [4.78, 5) is 41.2. The van der Waals surface area contributed by atoms with Gasteiger partial charge in [0.25, 0.3) is 0 Å². The van der Waals surface area contributed by atoms with Crippen LogP contribution in [0.3, 0.4) is 0 Å². The van der Waals surface area contributed by atoms with Gasteiger partial charge in [0.15, 0.2) is 0 Å². The third kappa shape index (κ3) is 3.90. The van der Waals surface area contributed by atoms with Crippen LogP contribution >= 0.6 is 0 Å². The van der Waals surface area contributed by atoms with E-state index in [-0.39, 0.29) is 12.1 Å². The third-order valence-electron chi connectivity index (χ3n) is 7.22. The lowest BCUT2D eigenvalue weighted by Crippen LogP contribution is -2.59. The largest absolute Gasteiger partial charge is 0.477 e. The first kappa shape index (κ1) is 25.3. The molecule has 2 heterocycles. The van der Waals surface area contributed by atoms with Crippen LogP contribution in [0.25, 0.3) is 10.9 Å². The number of carboxylic acids is 1. The zero-order valence-corrected chi connectivity index (χ0v) is 21.3. The SMILES string of the molecule is CC[C@@]1(C(N)=O)[C@@H](c2ccccc2)CC(c2c(C(=O)O)n(C)c3ccccc23)N1C(=O)OC(C)(C)C. The number of aromatic carboxylic acids is 1. The molecule has 2 amide bonds. The van der Waals surface area contributed by atoms with Crippen molar-refractivity contribution in [1.82, 2.24) is 9.47 Å². The zero-order valence-electron chi connectivity index (χ0n) is 21.3. The van der Waals surface area contributed by atoms with E-state index in [9.17, 15) is 19.5 Å². The summed E-state index contributed by atoms with van der Waals surface area (Å²) in [5.74, 6) is -2.22. The molecule has 36 heavy (non-hydrogen) atoms. The molecule has 1 aromatic heterocycles. The van der Waals surface area contributed by atoms with Crippen molar-refractivity contribution in [3.8, 4) is 0 Å². The van der Waals surface area contributed by atoms with E-state index in [0.29, 0.717) is 17.4 Å². The maximum absolute atomic E-state index is 13.9. The second kappa shape index (κ2) is 9.00. The zero-order chi connectivity index (χ0) is 26.4. The number of carbonyl (C=O) groups excluding carboxylic acids is 2. The molecular weight excluding hydrogens is 458 g/mol. The number of nitrogens with two attached hydrogens (primary N) is 1. The van der Waals surface area contributed by atoms with Crippen LogP contribution in [0.15, 0.2) is 54.6 Å². The highest BCUT2D eigenvalue weighted by atomic mass is 16.6. The third-order valence-corrected chi connectivity index (χ3v) is 7.22. The number of likely N-dealkylation sites (tertiary alicyclic amines) is 1. The van der Waals surface area contributed by atoms with Crippen LogP contribution < -0.4 is 5.73 Å². The van der Waals surface area contributed by atoms with Gasteiger partial charge >= 0.3 is 12.1 Å². The van der Waals surface area contributed by atoms with Gasteiger partial charge in [-0.25, -0.2) is 9.59 Å². The number of primary amides is 1. The predicted octanol–water partition coefficient (Wildman–Crippen LogP) is 4.98. The Morgan fingerprint density at radius 3 is 2.25 bits per heavy atom. The Labute approximate surface area is 210 Å². The average molecular weight is 492 g/mol. The number of aryl methyl sites for hydroxylation is 1. The fraction of sp³-hybridized carbons (Fsp3) is 0.393. The Kier molecular flexibility index (Phi) is 6.32. The number of rotatable bonds is 5. The normalized spacial score (nSPS) is 22.1. The molecule has 8 nitrogen and oxygen atoms in total. The van der Waals surface area contributed by atoms with E-state index < -0.39 is 41.1 Å². The van der Waals surface area contributed by atoms with E-state index in [1.165, 1.54) is 4.90 Å². The minimum Gasteiger partial charge on any atom is -0.477 e. The number of ether oxygens (including phenoxy) is 1.